The molecule has 0 aliphatic carbocycles. The molecule has 8 heteroatoms. The highest BCUT2D eigenvalue weighted by Gasteiger charge is 2.32. The molecule has 146 valence electrons. The second kappa shape index (κ2) is 7.53. The number of carbonyl (C=O) groups is 2. The predicted octanol–water partition coefficient (Wildman–Crippen LogP) is 1.44. The van der Waals surface area contributed by atoms with E-state index in [2.05, 4.69) is 9.97 Å². The van der Waals surface area contributed by atoms with E-state index in [-0.39, 0.29) is 23.4 Å². The molecule has 2 amide bonds. The van der Waals surface area contributed by atoms with Gasteiger partial charge >= 0.3 is 0 Å². The van der Waals surface area contributed by atoms with E-state index in [9.17, 15) is 14.4 Å². The summed E-state index contributed by atoms with van der Waals surface area (Å²) in [5.41, 5.74) is 1.64. The number of amides is 2. The quantitative estimate of drug-likeness (QED) is 0.849. The Labute approximate surface area is 162 Å². The Morgan fingerprint density at radius 1 is 1.25 bits per heavy atom. The molecule has 2 aliphatic rings. The zero-order valence-corrected chi connectivity index (χ0v) is 15.9. The van der Waals surface area contributed by atoms with Crippen LogP contribution in [0.5, 0.6) is 0 Å². The SMILES string of the molecule is CC(=O)N1CCc2c(nc([C@H]3CCCCN3C(=O)c3cccnc3)[nH]c2=O)C1. The smallest absolute Gasteiger partial charge is 0.256 e. The maximum atomic E-state index is 13.0. The summed E-state index contributed by atoms with van der Waals surface area (Å²) in [5, 5.41) is 0. The van der Waals surface area contributed by atoms with Crippen LogP contribution in [0.15, 0.2) is 29.3 Å². The topological polar surface area (TPSA) is 99.3 Å². The predicted molar refractivity (Wildman–Crippen MR) is 102 cm³/mol. The van der Waals surface area contributed by atoms with Crippen molar-refractivity contribution in [3.8, 4) is 0 Å². The van der Waals surface area contributed by atoms with Gasteiger partial charge in [0, 0.05) is 38.0 Å². The van der Waals surface area contributed by atoms with E-state index in [1.165, 1.54) is 6.92 Å². The molecule has 2 aromatic rings. The first-order valence-corrected chi connectivity index (χ1v) is 9.63. The average molecular weight is 381 g/mol. The fraction of sp³-hybridized carbons (Fsp3) is 0.450. The third-order valence-corrected chi connectivity index (χ3v) is 5.52. The number of aromatic amines is 1. The molecule has 8 nitrogen and oxygen atoms in total. The maximum absolute atomic E-state index is 13.0. The fourth-order valence-corrected chi connectivity index (χ4v) is 4.00. The van der Waals surface area contributed by atoms with Crippen LogP contribution in [0, 0.1) is 0 Å². The first kappa shape index (κ1) is 18.3. The molecular formula is C20H23N5O3. The molecule has 1 N–H and O–H groups in total. The van der Waals surface area contributed by atoms with Crippen molar-refractivity contribution < 1.29 is 9.59 Å². The Hall–Kier alpha value is -3.03. The van der Waals surface area contributed by atoms with Gasteiger partial charge in [-0.2, -0.15) is 0 Å². The molecular weight excluding hydrogens is 358 g/mol. The van der Waals surface area contributed by atoms with Gasteiger partial charge in [0.15, 0.2) is 0 Å². The van der Waals surface area contributed by atoms with E-state index < -0.39 is 0 Å². The number of rotatable bonds is 2. The molecule has 0 unspecified atom stereocenters. The van der Waals surface area contributed by atoms with Crippen molar-refractivity contribution in [1.29, 1.82) is 0 Å². The molecule has 0 aromatic carbocycles. The first-order valence-electron chi connectivity index (χ1n) is 9.63. The number of carbonyl (C=O) groups excluding carboxylic acids is 2. The number of nitrogens with one attached hydrogen (secondary N) is 1. The number of likely N-dealkylation sites (tertiary alicyclic amines) is 1. The summed E-state index contributed by atoms with van der Waals surface area (Å²) >= 11 is 0. The molecule has 2 aliphatic heterocycles. The first-order chi connectivity index (χ1) is 13.5. The molecule has 2 aromatic heterocycles. The van der Waals surface area contributed by atoms with Gasteiger partial charge in [0.1, 0.15) is 5.82 Å². The second-order valence-corrected chi connectivity index (χ2v) is 7.32. The number of nitrogens with zero attached hydrogens (tertiary/aromatic N) is 4. The van der Waals surface area contributed by atoms with Gasteiger partial charge in [0.05, 0.1) is 23.8 Å². The van der Waals surface area contributed by atoms with Gasteiger partial charge in [0.25, 0.3) is 11.5 Å². The third-order valence-electron chi connectivity index (χ3n) is 5.52. The lowest BCUT2D eigenvalue weighted by molar-refractivity contribution is -0.129. The fourth-order valence-electron chi connectivity index (χ4n) is 4.00. The maximum Gasteiger partial charge on any atom is 0.256 e. The Morgan fingerprint density at radius 3 is 2.86 bits per heavy atom. The van der Waals surface area contributed by atoms with Crippen molar-refractivity contribution in [1.82, 2.24) is 24.8 Å². The van der Waals surface area contributed by atoms with Gasteiger partial charge in [-0.05, 0) is 37.8 Å². The van der Waals surface area contributed by atoms with Crippen LogP contribution in [0.4, 0.5) is 0 Å². The summed E-state index contributed by atoms with van der Waals surface area (Å²) in [4.78, 5) is 52.5. The van der Waals surface area contributed by atoms with Crippen LogP contribution in [0.25, 0.3) is 0 Å². The minimum atomic E-state index is -0.285. The zero-order valence-electron chi connectivity index (χ0n) is 15.9. The van der Waals surface area contributed by atoms with Gasteiger partial charge in [-0.3, -0.25) is 19.4 Å². The van der Waals surface area contributed by atoms with Crippen LogP contribution in [0.3, 0.4) is 0 Å². The van der Waals surface area contributed by atoms with E-state index in [1.54, 1.807) is 34.3 Å². The summed E-state index contributed by atoms with van der Waals surface area (Å²) in [6, 6.07) is 3.20. The van der Waals surface area contributed by atoms with Crippen LogP contribution in [0.2, 0.25) is 0 Å². The molecule has 1 saturated heterocycles. The number of piperidine rings is 1. The van der Waals surface area contributed by atoms with E-state index in [0.717, 1.165) is 19.3 Å². The largest absolute Gasteiger partial charge is 0.337 e. The van der Waals surface area contributed by atoms with Crippen LogP contribution < -0.4 is 5.56 Å². The molecule has 1 atom stereocenters. The molecule has 0 bridgehead atoms. The Balaban J connectivity index is 1.68. The van der Waals surface area contributed by atoms with E-state index >= 15 is 0 Å². The van der Waals surface area contributed by atoms with Crippen molar-refractivity contribution in [2.45, 2.75) is 45.2 Å². The molecule has 28 heavy (non-hydrogen) atoms. The normalized spacial score (nSPS) is 19.2. The Morgan fingerprint density at radius 2 is 2.11 bits per heavy atom. The summed E-state index contributed by atoms with van der Waals surface area (Å²) in [6.45, 7) is 3.00. The monoisotopic (exact) mass is 381 g/mol. The highest BCUT2D eigenvalue weighted by atomic mass is 16.2. The number of fused-ring (bicyclic) bond motifs is 1. The van der Waals surface area contributed by atoms with Crippen molar-refractivity contribution in [3.05, 3.63) is 57.5 Å². The van der Waals surface area contributed by atoms with Gasteiger partial charge in [0.2, 0.25) is 5.91 Å². The lowest BCUT2D eigenvalue weighted by Crippen LogP contribution is -2.42. The molecule has 0 saturated carbocycles. The summed E-state index contributed by atoms with van der Waals surface area (Å²) in [7, 11) is 0. The summed E-state index contributed by atoms with van der Waals surface area (Å²) in [6.07, 6.45) is 6.30. The van der Waals surface area contributed by atoms with Crippen molar-refractivity contribution in [2.75, 3.05) is 13.1 Å². The number of pyridine rings is 1. The summed E-state index contributed by atoms with van der Waals surface area (Å²) in [5.74, 6) is 0.370. The molecule has 4 heterocycles. The van der Waals surface area contributed by atoms with Crippen LogP contribution >= 0.6 is 0 Å². The number of hydrogen-bond donors (Lipinski definition) is 1. The van der Waals surface area contributed by atoms with Crippen LogP contribution in [0.1, 0.15) is 59.7 Å². The zero-order chi connectivity index (χ0) is 19.7. The van der Waals surface area contributed by atoms with Crippen molar-refractivity contribution >= 4 is 11.8 Å². The minimum absolute atomic E-state index is 0.0275. The van der Waals surface area contributed by atoms with Crippen LogP contribution in [-0.4, -0.2) is 49.7 Å². The Bertz CT molecular complexity index is 956. The second-order valence-electron chi connectivity index (χ2n) is 7.32. The van der Waals surface area contributed by atoms with Gasteiger partial charge in [-0.15, -0.1) is 0 Å². The van der Waals surface area contributed by atoms with Crippen molar-refractivity contribution in [3.63, 3.8) is 0 Å². The lowest BCUT2D eigenvalue weighted by Gasteiger charge is -2.35. The van der Waals surface area contributed by atoms with E-state index in [4.69, 9.17) is 4.98 Å². The van der Waals surface area contributed by atoms with Gasteiger partial charge in [-0.25, -0.2) is 4.98 Å². The van der Waals surface area contributed by atoms with Gasteiger partial charge < -0.3 is 14.8 Å². The number of hydrogen-bond acceptors (Lipinski definition) is 5. The standard InChI is InChI=1S/C20H23N5O3/c1-13(26)24-10-7-15-16(12-24)22-18(23-19(15)27)17-6-2-3-9-25(17)20(28)14-5-4-8-21-11-14/h4-5,8,11,17H,2-3,6-7,9-10,12H2,1H3,(H,22,23,27)/t17-/m1/s1. The van der Waals surface area contributed by atoms with Crippen molar-refractivity contribution in [2.24, 2.45) is 0 Å². The molecule has 0 radical (unpaired) electrons. The molecule has 0 spiro atoms. The van der Waals surface area contributed by atoms with Crippen LogP contribution in [-0.2, 0) is 17.8 Å². The summed E-state index contributed by atoms with van der Waals surface area (Å²) < 4.78 is 0. The Kier molecular flexibility index (Phi) is 4.93. The minimum Gasteiger partial charge on any atom is -0.337 e. The highest BCUT2D eigenvalue weighted by molar-refractivity contribution is 5.94. The third kappa shape index (κ3) is 3.42. The molecule has 1 fully saturated rings. The molecule has 4 rings (SSSR count). The van der Waals surface area contributed by atoms with E-state index in [1.807, 2.05) is 0 Å². The van der Waals surface area contributed by atoms with Gasteiger partial charge in [-0.1, -0.05) is 0 Å². The average Bonchev–Trinajstić information content (AvgIpc) is 2.73. The number of H-pyrrole nitrogens is 1. The highest BCUT2D eigenvalue weighted by Crippen LogP contribution is 2.30. The number of aromatic nitrogens is 3. The lowest BCUT2D eigenvalue weighted by atomic mass is 9.99. The van der Waals surface area contributed by atoms with E-state index in [0.29, 0.717) is 48.7 Å².